The van der Waals surface area contributed by atoms with Gasteiger partial charge in [0.2, 0.25) is 5.75 Å². The van der Waals surface area contributed by atoms with Crippen LogP contribution in [0.2, 0.25) is 0 Å². The minimum absolute atomic E-state index is 0.0793. The summed E-state index contributed by atoms with van der Waals surface area (Å²) >= 11 is 6.94. The number of hydrogen-bond donors (Lipinski definition) is 0. The minimum atomic E-state index is -5.02. The van der Waals surface area contributed by atoms with Crippen molar-refractivity contribution in [3.63, 3.8) is 0 Å². The highest BCUT2D eigenvalue weighted by Crippen LogP contribution is 2.36. The zero-order chi connectivity index (χ0) is 13.2. The lowest BCUT2D eigenvalue weighted by atomic mass is 10.3. The molecule has 0 unspecified atom stereocenters. The Labute approximate surface area is 111 Å². The fourth-order valence-electron chi connectivity index (χ4n) is 0.962. The molecule has 94 valence electrons. The Morgan fingerprint density at radius 2 is 2.18 bits per heavy atom. The second-order valence-electron chi connectivity index (χ2n) is 2.67. The molecular formula is C7H3ClF3IN2O3. The van der Waals surface area contributed by atoms with Crippen LogP contribution in [0.1, 0.15) is 5.69 Å². The summed E-state index contributed by atoms with van der Waals surface area (Å²) in [5, 5.41) is 10.7. The number of nitro groups is 1. The van der Waals surface area contributed by atoms with Gasteiger partial charge < -0.3 is 4.74 Å². The second kappa shape index (κ2) is 5.21. The first kappa shape index (κ1) is 14.2. The molecule has 0 N–H and O–H groups in total. The van der Waals surface area contributed by atoms with Gasteiger partial charge in [-0.25, -0.2) is 0 Å². The van der Waals surface area contributed by atoms with Crippen LogP contribution >= 0.6 is 34.2 Å². The second-order valence-corrected chi connectivity index (χ2v) is 4.02. The van der Waals surface area contributed by atoms with Gasteiger partial charge in [-0.1, -0.05) is 0 Å². The van der Waals surface area contributed by atoms with Crippen LogP contribution in [-0.4, -0.2) is 16.3 Å². The van der Waals surface area contributed by atoms with Gasteiger partial charge in [-0.3, -0.25) is 15.1 Å². The molecule has 5 nitrogen and oxygen atoms in total. The Bertz CT molecular complexity index is 455. The summed E-state index contributed by atoms with van der Waals surface area (Å²) in [4.78, 5) is 13.3. The normalized spacial score (nSPS) is 11.4. The van der Waals surface area contributed by atoms with Crippen LogP contribution in [0.15, 0.2) is 6.20 Å². The van der Waals surface area contributed by atoms with Gasteiger partial charge in [0, 0.05) is 0 Å². The van der Waals surface area contributed by atoms with Crippen molar-refractivity contribution in [3.05, 3.63) is 25.6 Å². The van der Waals surface area contributed by atoms with Crippen LogP contribution in [0.4, 0.5) is 18.9 Å². The lowest BCUT2D eigenvalue weighted by Gasteiger charge is -2.10. The first-order valence-electron chi connectivity index (χ1n) is 3.89. The Morgan fingerprint density at radius 3 is 2.59 bits per heavy atom. The third-order valence-electron chi connectivity index (χ3n) is 1.57. The first-order chi connectivity index (χ1) is 7.76. The maximum Gasteiger partial charge on any atom is 0.573 e. The number of alkyl halides is 4. The SMILES string of the molecule is O=[N+]([O-])c1c(OC(F)(F)F)cnc(CCl)c1I. The van der Waals surface area contributed by atoms with Gasteiger partial charge in [0.15, 0.2) is 0 Å². The molecule has 0 bridgehead atoms. The van der Waals surface area contributed by atoms with E-state index in [-0.39, 0.29) is 15.1 Å². The van der Waals surface area contributed by atoms with E-state index >= 15 is 0 Å². The topological polar surface area (TPSA) is 65.3 Å². The Kier molecular flexibility index (Phi) is 4.36. The van der Waals surface area contributed by atoms with E-state index in [1.807, 2.05) is 0 Å². The molecule has 0 fully saturated rings. The minimum Gasteiger partial charge on any atom is -0.397 e. The molecule has 1 rings (SSSR count). The number of pyridine rings is 1. The molecule has 0 amide bonds. The number of hydrogen-bond acceptors (Lipinski definition) is 4. The summed E-state index contributed by atoms with van der Waals surface area (Å²) in [6.07, 6.45) is -4.39. The summed E-state index contributed by atoms with van der Waals surface area (Å²) in [6.45, 7) is 0. The fraction of sp³-hybridized carbons (Fsp3) is 0.286. The maximum absolute atomic E-state index is 12.0. The van der Waals surface area contributed by atoms with E-state index < -0.39 is 22.7 Å². The van der Waals surface area contributed by atoms with Crippen molar-refractivity contribution >= 4 is 39.9 Å². The van der Waals surface area contributed by atoms with Gasteiger partial charge in [-0.2, -0.15) is 0 Å². The molecule has 0 saturated carbocycles. The van der Waals surface area contributed by atoms with Gasteiger partial charge >= 0.3 is 12.0 Å². The quantitative estimate of drug-likeness (QED) is 0.348. The van der Waals surface area contributed by atoms with Crippen LogP contribution in [-0.2, 0) is 5.88 Å². The Balaban J connectivity index is 3.32. The zero-order valence-electron chi connectivity index (χ0n) is 7.79. The predicted molar refractivity (Wildman–Crippen MR) is 59.8 cm³/mol. The summed E-state index contributed by atoms with van der Waals surface area (Å²) in [5.74, 6) is -1.11. The summed E-state index contributed by atoms with van der Waals surface area (Å²) in [6, 6.07) is 0. The van der Waals surface area contributed by atoms with Crippen molar-refractivity contribution in [1.82, 2.24) is 4.98 Å². The molecule has 0 radical (unpaired) electrons. The average molecular weight is 382 g/mol. The van der Waals surface area contributed by atoms with Crippen LogP contribution in [0, 0.1) is 13.7 Å². The molecule has 0 saturated heterocycles. The largest absolute Gasteiger partial charge is 0.573 e. The number of ether oxygens (including phenoxy) is 1. The fourth-order valence-corrected chi connectivity index (χ4v) is 2.18. The molecule has 1 aromatic heterocycles. The van der Waals surface area contributed by atoms with Gasteiger partial charge in [-0.05, 0) is 22.6 Å². The summed E-state index contributed by atoms with van der Waals surface area (Å²) in [7, 11) is 0. The molecular weight excluding hydrogens is 379 g/mol. The Hall–Kier alpha value is -0.840. The highest BCUT2D eigenvalue weighted by Gasteiger charge is 2.36. The molecule has 0 aromatic carbocycles. The van der Waals surface area contributed by atoms with E-state index in [0.717, 1.165) is 0 Å². The van der Waals surface area contributed by atoms with Gasteiger partial charge in [0.1, 0.15) is 3.57 Å². The van der Waals surface area contributed by atoms with E-state index in [0.29, 0.717) is 6.20 Å². The number of rotatable bonds is 3. The number of nitrogens with zero attached hydrogens (tertiary/aromatic N) is 2. The lowest BCUT2D eigenvalue weighted by Crippen LogP contribution is -2.18. The smallest absolute Gasteiger partial charge is 0.397 e. The van der Waals surface area contributed by atoms with E-state index in [4.69, 9.17) is 11.6 Å². The standard InChI is InChI=1S/C7H3ClF3IN2O3/c8-1-3-5(12)6(14(15)16)4(2-13-3)17-7(9,10)11/h2H,1H2. The number of aromatic nitrogens is 1. The van der Waals surface area contributed by atoms with E-state index in [1.165, 1.54) is 22.6 Å². The highest BCUT2D eigenvalue weighted by molar-refractivity contribution is 14.1. The maximum atomic E-state index is 12.0. The average Bonchev–Trinajstić information content (AvgIpc) is 2.14. The van der Waals surface area contributed by atoms with E-state index in [1.54, 1.807) is 0 Å². The van der Waals surface area contributed by atoms with Gasteiger partial charge in [0.05, 0.1) is 22.7 Å². The Morgan fingerprint density at radius 1 is 1.59 bits per heavy atom. The van der Waals surface area contributed by atoms with Crippen LogP contribution in [0.5, 0.6) is 5.75 Å². The van der Waals surface area contributed by atoms with Gasteiger partial charge in [-0.15, -0.1) is 24.8 Å². The number of halogens is 5. The monoisotopic (exact) mass is 382 g/mol. The van der Waals surface area contributed by atoms with Crippen molar-refractivity contribution in [2.24, 2.45) is 0 Å². The molecule has 1 heterocycles. The van der Waals surface area contributed by atoms with Crippen LogP contribution < -0.4 is 4.74 Å². The lowest BCUT2D eigenvalue weighted by molar-refractivity contribution is -0.389. The molecule has 0 atom stereocenters. The van der Waals surface area contributed by atoms with E-state index in [9.17, 15) is 23.3 Å². The summed E-state index contributed by atoms with van der Waals surface area (Å²) in [5.41, 5.74) is -0.679. The van der Waals surface area contributed by atoms with Crippen LogP contribution in [0.3, 0.4) is 0 Å². The zero-order valence-corrected chi connectivity index (χ0v) is 10.7. The van der Waals surface area contributed by atoms with Crippen molar-refractivity contribution in [1.29, 1.82) is 0 Å². The first-order valence-corrected chi connectivity index (χ1v) is 5.51. The molecule has 1 aromatic rings. The molecule has 0 spiro atoms. The van der Waals surface area contributed by atoms with Crippen molar-refractivity contribution in [3.8, 4) is 5.75 Å². The molecule has 0 aliphatic rings. The molecule has 10 heteroatoms. The third-order valence-corrected chi connectivity index (χ3v) is 2.95. The van der Waals surface area contributed by atoms with Gasteiger partial charge in [0.25, 0.3) is 0 Å². The van der Waals surface area contributed by atoms with Crippen molar-refractivity contribution < 1.29 is 22.8 Å². The molecule has 0 aliphatic carbocycles. The molecule has 17 heavy (non-hydrogen) atoms. The van der Waals surface area contributed by atoms with E-state index in [2.05, 4.69) is 9.72 Å². The third kappa shape index (κ3) is 3.56. The summed E-state index contributed by atoms with van der Waals surface area (Å²) < 4.78 is 39.4. The highest BCUT2D eigenvalue weighted by atomic mass is 127. The predicted octanol–water partition coefficient (Wildman–Crippen LogP) is 3.23. The molecule has 0 aliphatic heterocycles. The van der Waals surface area contributed by atoms with Crippen LogP contribution in [0.25, 0.3) is 0 Å². The van der Waals surface area contributed by atoms with Crippen molar-refractivity contribution in [2.75, 3.05) is 0 Å². The van der Waals surface area contributed by atoms with Crippen molar-refractivity contribution in [2.45, 2.75) is 12.2 Å².